The summed E-state index contributed by atoms with van der Waals surface area (Å²) < 4.78 is 45.1. The van der Waals surface area contributed by atoms with Gasteiger partial charge in [0.05, 0.1) is 12.1 Å². The maximum Gasteiger partial charge on any atom is 0.387 e. The largest absolute Gasteiger partial charge is 0.486 e. The molecule has 1 aromatic heterocycles. The van der Waals surface area contributed by atoms with Gasteiger partial charge >= 0.3 is 12.6 Å². The van der Waals surface area contributed by atoms with Crippen molar-refractivity contribution < 1.29 is 37.3 Å². The first-order chi connectivity index (χ1) is 16.0. The van der Waals surface area contributed by atoms with Crippen LogP contribution in [0.15, 0.2) is 60.0 Å². The van der Waals surface area contributed by atoms with E-state index in [1.807, 2.05) is 17.5 Å². The number of anilines is 1. The van der Waals surface area contributed by atoms with Crippen LogP contribution in [0.25, 0.3) is 0 Å². The number of nitrogens with zero attached hydrogens (tertiary/aromatic N) is 1. The molecule has 0 fully saturated rings. The Morgan fingerprint density at radius 2 is 1.79 bits per heavy atom. The zero-order chi connectivity index (χ0) is 23.2. The Morgan fingerprint density at radius 1 is 1.03 bits per heavy atom. The lowest BCUT2D eigenvalue weighted by atomic mass is 10.2. The Labute approximate surface area is 192 Å². The van der Waals surface area contributed by atoms with Crippen LogP contribution in [0.2, 0.25) is 0 Å². The van der Waals surface area contributed by atoms with Gasteiger partial charge in [-0.3, -0.25) is 4.79 Å². The molecule has 0 atom stereocenters. The van der Waals surface area contributed by atoms with Crippen LogP contribution in [-0.4, -0.2) is 38.3 Å². The molecule has 33 heavy (non-hydrogen) atoms. The Kier molecular flexibility index (Phi) is 7.04. The first-order valence-corrected chi connectivity index (χ1v) is 10.8. The van der Waals surface area contributed by atoms with Crippen molar-refractivity contribution in [1.82, 2.24) is 0 Å². The predicted octanol–water partition coefficient (Wildman–Crippen LogP) is 4.51. The smallest absolute Gasteiger partial charge is 0.387 e. The number of amides is 1. The van der Waals surface area contributed by atoms with E-state index in [0.29, 0.717) is 30.4 Å². The first-order valence-electron chi connectivity index (χ1n) is 9.94. The summed E-state index contributed by atoms with van der Waals surface area (Å²) in [4.78, 5) is 27.8. The van der Waals surface area contributed by atoms with Crippen molar-refractivity contribution in [1.29, 1.82) is 0 Å². The van der Waals surface area contributed by atoms with Gasteiger partial charge in [-0.2, -0.15) is 8.78 Å². The van der Waals surface area contributed by atoms with Gasteiger partial charge in [0.2, 0.25) is 0 Å². The quantitative estimate of drug-likeness (QED) is 0.447. The molecule has 10 heteroatoms. The van der Waals surface area contributed by atoms with E-state index in [1.165, 1.54) is 40.5 Å². The molecule has 0 aliphatic carbocycles. The summed E-state index contributed by atoms with van der Waals surface area (Å²) in [6.45, 7) is -2.32. The van der Waals surface area contributed by atoms with Gasteiger partial charge in [0.1, 0.15) is 19.0 Å². The van der Waals surface area contributed by atoms with E-state index in [1.54, 1.807) is 18.2 Å². The minimum atomic E-state index is -2.96. The van der Waals surface area contributed by atoms with Crippen molar-refractivity contribution in [2.24, 2.45) is 0 Å². The molecule has 0 unspecified atom stereocenters. The number of carbonyl (C=O) groups is 2. The number of fused-ring (bicyclic) bond motifs is 1. The fourth-order valence-corrected chi connectivity index (χ4v) is 3.84. The Morgan fingerprint density at radius 3 is 2.48 bits per heavy atom. The second-order valence-electron chi connectivity index (χ2n) is 6.87. The Bertz CT molecular complexity index is 1100. The standard InChI is InChI=1S/C23H19F2NO6S/c24-23(25)32-17-6-3-15(4-7-17)22(28)31-14-21(27)26(13-18-2-1-11-33-18)16-5-8-19-20(12-16)30-10-9-29-19/h1-8,11-12,23H,9-10,13-14H2. The number of hydrogen-bond acceptors (Lipinski definition) is 7. The Hall–Kier alpha value is -3.66. The third-order valence-electron chi connectivity index (χ3n) is 4.67. The molecule has 0 radical (unpaired) electrons. The van der Waals surface area contributed by atoms with Crippen LogP contribution in [0.4, 0.5) is 14.5 Å². The molecule has 172 valence electrons. The average molecular weight is 475 g/mol. The average Bonchev–Trinajstić information content (AvgIpc) is 3.34. The summed E-state index contributed by atoms with van der Waals surface area (Å²) in [6, 6.07) is 14.0. The van der Waals surface area contributed by atoms with E-state index in [4.69, 9.17) is 14.2 Å². The summed E-state index contributed by atoms with van der Waals surface area (Å²) in [5, 5.41) is 1.91. The summed E-state index contributed by atoms with van der Waals surface area (Å²) in [6.07, 6.45) is 0. The van der Waals surface area contributed by atoms with E-state index in [9.17, 15) is 18.4 Å². The second kappa shape index (κ2) is 10.3. The number of alkyl halides is 2. The van der Waals surface area contributed by atoms with Gasteiger partial charge < -0.3 is 23.8 Å². The number of esters is 1. The monoisotopic (exact) mass is 475 g/mol. The van der Waals surface area contributed by atoms with Crippen molar-refractivity contribution in [3.63, 3.8) is 0 Å². The normalized spacial score (nSPS) is 12.3. The minimum Gasteiger partial charge on any atom is -0.486 e. The number of hydrogen-bond donors (Lipinski definition) is 0. The van der Waals surface area contributed by atoms with Gasteiger partial charge in [0.25, 0.3) is 5.91 Å². The number of thiophene rings is 1. The van der Waals surface area contributed by atoms with Crippen LogP contribution in [0.3, 0.4) is 0 Å². The highest BCUT2D eigenvalue weighted by Gasteiger charge is 2.22. The predicted molar refractivity (Wildman–Crippen MR) is 116 cm³/mol. The highest BCUT2D eigenvalue weighted by Crippen LogP contribution is 2.34. The van der Waals surface area contributed by atoms with Crippen molar-refractivity contribution in [3.8, 4) is 17.2 Å². The Balaban J connectivity index is 1.45. The maximum absolute atomic E-state index is 13.0. The molecule has 0 saturated heterocycles. The molecule has 4 rings (SSSR count). The molecule has 0 saturated carbocycles. The van der Waals surface area contributed by atoms with Crippen molar-refractivity contribution >= 4 is 28.9 Å². The van der Waals surface area contributed by atoms with Crippen LogP contribution in [0.1, 0.15) is 15.2 Å². The number of halogens is 2. The summed E-state index contributed by atoms with van der Waals surface area (Å²) >= 11 is 1.50. The number of benzene rings is 2. The van der Waals surface area contributed by atoms with Crippen molar-refractivity contribution in [2.45, 2.75) is 13.2 Å². The van der Waals surface area contributed by atoms with Crippen LogP contribution >= 0.6 is 11.3 Å². The van der Waals surface area contributed by atoms with Gasteiger partial charge in [-0.05, 0) is 47.8 Å². The molecule has 1 aliphatic rings. The fraction of sp³-hybridized carbons (Fsp3) is 0.217. The molecule has 7 nitrogen and oxygen atoms in total. The lowest BCUT2D eigenvalue weighted by Gasteiger charge is -2.25. The summed E-state index contributed by atoms with van der Waals surface area (Å²) in [7, 11) is 0. The third kappa shape index (κ3) is 5.78. The number of ether oxygens (including phenoxy) is 4. The third-order valence-corrected chi connectivity index (χ3v) is 5.54. The van der Waals surface area contributed by atoms with Gasteiger partial charge in [-0.15, -0.1) is 11.3 Å². The maximum atomic E-state index is 13.0. The van der Waals surface area contributed by atoms with E-state index in [0.717, 1.165) is 4.88 Å². The zero-order valence-electron chi connectivity index (χ0n) is 17.2. The molecule has 0 bridgehead atoms. The molecule has 0 N–H and O–H groups in total. The molecule has 0 spiro atoms. The number of carbonyl (C=O) groups excluding carboxylic acids is 2. The SMILES string of the molecule is O=C(OCC(=O)N(Cc1cccs1)c1ccc2c(c1)OCCO2)c1ccc(OC(F)F)cc1. The van der Waals surface area contributed by atoms with Crippen LogP contribution in [0.5, 0.6) is 17.2 Å². The van der Waals surface area contributed by atoms with E-state index in [-0.39, 0.29) is 17.9 Å². The second-order valence-corrected chi connectivity index (χ2v) is 7.90. The van der Waals surface area contributed by atoms with Gasteiger partial charge in [0.15, 0.2) is 18.1 Å². The van der Waals surface area contributed by atoms with Gasteiger partial charge in [0, 0.05) is 16.6 Å². The molecular weight excluding hydrogens is 456 g/mol. The van der Waals surface area contributed by atoms with E-state index in [2.05, 4.69) is 4.74 Å². The topological polar surface area (TPSA) is 74.3 Å². The van der Waals surface area contributed by atoms with E-state index >= 15 is 0 Å². The van der Waals surface area contributed by atoms with Crippen LogP contribution in [0, 0.1) is 0 Å². The van der Waals surface area contributed by atoms with Gasteiger partial charge in [-0.25, -0.2) is 4.79 Å². The highest BCUT2D eigenvalue weighted by atomic mass is 32.1. The molecule has 2 aromatic carbocycles. The lowest BCUT2D eigenvalue weighted by molar-refractivity contribution is -0.121. The first kappa shape index (κ1) is 22.5. The zero-order valence-corrected chi connectivity index (χ0v) is 18.1. The fourth-order valence-electron chi connectivity index (χ4n) is 3.14. The summed E-state index contributed by atoms with van der Waals surface area (Å²) in [5.41, 5.74) is 0.677. The molecule has 2 heterocycles. The minimum absolute atomic E-state index is 0.0849. The van der Waals surface area contributed by atoms with Crippen molar-refractivity contribution in [3.05, 3.63) is 70.4 Å². The summed E-state index contributed by atoms with van der Waals surface area (Å²) in [5.74, 6) is -0.153. The molecule has 1 amide bonds. The highest BCUT2D eigenvalue weighted by molar-refractivity contribution is 7.09. The van der Waals surface area contributed by atoms with Crippen molar-refractivity contribution in [2.75, 3.05) is 24.7 Å². The lowest BCUT2D eigenvalue weighted by Crippen LogP contribution is -2.34. The molecule has 3 aromatic rings. The van der Waals surface area contributed by atoms with E-state index < -0.39 is 25.1 Å². The van der Waals surface area contributed by atoms with Crippen LogP contribution < -0.4 is 19.1 Å². The molecule has 1 aliphatic heterocycles. The molecular formula is C23H19F2NO6S. The number of rotatable bonds is 8. The van der Waals surface area contributed by atoms with Crippen LogP contribution in [-0.2, 0) is 16.1 Å². The van der Waals surface area contributed by atoms with Gasteiger partial charge in [-0.1, -0.05) is 6.07 Å².